The van der Waals surface area contributed by atoms with Gasteiger partial charge in [-0.1, -0.05) is 0 Å². The first-order valence-corrected chi connectivity index (χ1v) is 27.7. The van der Waals surface area contributed by atoms with E-state index in [9.17, 15) is 0 Å². The van der Waals surface area contributed by atoms with Crippen molar-refractivity contribution in [3.8, 4) is 0 Å². The van der Waals surface area contributed by atoms with Crippen LogP contribution in [-0.2, 0) is 17.6 Å². The zero-order valence-electron chi connectivity index (χ0n) is 13.9. The molecule has 0 bridgehead atoms. The number of allylic oxidation sites excluding steroid dienone is 8. The van der Waals surface area contributed by atoms with Gasteiger partial charge in [-0.2, -0.15) is 0 Å². The normalized spacial score (nSPS) is 26.3. The van der Waals surface area contributed by atoms with Crippen LogP contribution in [0.5, 0.6) is 0 Å². The van der Waals surface area contributed by atoms with E-state index in [0.29, 0.717) is 7.35 Å². The molecule has 0 saturated carbocycles. The summed E-state index contributed by atoms with van der Waals surface area (Å²) in [6, 6.07) is 0. The number of hydrogen-bond acceptors (Lipinski definition) is 0. The van der Waals surface area contributed by atoms with Crippen molar-refractivity contribution in [1.82, 2.24) is 0 Å². The molecule has 2 aliphatic carbocycles. The van der Waals surface area contributed by atoms with E-state index in [2.05, 4.69) is 75.7 Å². The topological polar surface area (TPSA) is 0 Å². The SMILES string of the molecule is C[Si](C)(C)C1=C[CH]([Hf]([Cl])([Cl])[CH]2C=CC([Si](C)(C)C)=C2)C=C1. The fourth-order valence-electron chi connectivity index (χ4n) is 2.72. The fraction of sp³-hybridized carbons (Fsp3) is 0.500. The van der Waals surface area contributed by atoms with Crippen LogP contribution in [0.15, 0.2) is 46.8 Å². The van der Waals surface area contributed by atoms with Crippen LogP contribution in [-0.4, -0.2) is 16.1 Å². The van der Waals surface area contributed by atoms with E-state index >= 15 is 0 Å². The third kappa shape index (κ3) is 4.03. The average Bonchev–Trinajstić information content (AvgIpc) is 2.97. The zero-order valence-corrected chi connectivity index (χ0v) is 21.0. The molecule has 0 radical (unpaired) electrons. The first-order valence-electron chi connectivity index (χ1n) is 7.61. The van der Waals surface area contributed by atoms with Crippen molar-refractivity contribution in [2.45, 2.75) is 46.6 Å². The van der Waals surface area contributed by atoms with E-state index in [4.69, 9.17) is 17.2 Å². The van der Waals surface area contributed by atoms with E-state index < -0.39 is 33.8 Å². The van der Waals surface area contributed by atoms with Gasteiger partial charge in [-0.25, -0.2) is 0 Å². The summed E-state index contributed by atoms with van der Waals surface area (Å²) in [6.45, 7) is 14.3. The summed E-state index contributed by atoms with van der Waals surface area (Å²) in [5.41, 5.74) is 0. The third-order valence-corrected chi connectivity index (χ3v) is 25.7. The molecule has 5 heteroatoms. The predicted molar refractivity (Wildman–Crippen MR) is 100 cm³/mol. The van der Waals surface area contributed by atoms with Crippen LogP contribution >= 0.6 is 17.2 Å². The molecule has 0 fully saturated rings. The molecule has 0 spiro atoms. The van der Waals surface area contributed by atoms with Crippen molar-refractivity contribution in [3.63, 3.8) is 0 Å². The Balaban J connectivity index is 2.23. The Kier molecular flexibility index (Phi) is 5.24. The van der Waals surface area contributed by atoms with E-state index in [1.807, 2.05) is 0 Å². The van der Waals surface area contributed by atoms with Crippen molar-refractivity contribution in [2.24, 2.45) is 0 Å². The molecule has 0 N–H and O–H groups in total. The number of rotatable bonds is 4. The quantitative estimate of drug-likeness (QED) is 0.357. The van der Waals surface area contributed by atoms with Gasteiger partial charge < -0.3 is 0 Å². The summed E-state index contributed by atoms with van der Waals surface area (Å²) in [5.74, 6) is 0. The first-order chi connectivity index (χ1) is 9.42. The van der Waals surface area contributed by atoms with Crippen molar-refractivity contribution in [1.29, 1.82) is 0 Å². The molecule has 21 heavy (non-hydrogen) atoms. The van der Waals surface area contributed by atoms with Crippen LogP contribution in [0.3, 0.4) is 0 Å². The van der Waals surface area contributed by atoms with E-state index in [-0.39, 0.29) is 0 Å². The van der Waals surface area contributed by atoms with Gasteiger partial charge >= 0.3 is 144 Å². The van der Waals surface area contributed by atoms with Crippen LogP contribution in [0.25, 0.3) is 0 Å². The molecule has 0 amide bonds. The summed E-state index contributed by atoms with van der Waals surface area (Å²) < 4.78 is 0.656. The molecule has 2 rings (SSSR count). The van der Waals surface area contributed by atoms with Crippen molar-refractivity contribution < 1.29 is 17.6 Å². The third-order valence-electron chi connectivity index (χ3n) is 4.31. The van der Waals surface area contributed by atoms with Gasteiger partial charge in [0.1, 0.15) is 0 Å². The Morgan fingerprint density at radius 2 is 1.10 bits per heavy atom. The summed E-state index contributed by atoms with van der Waals surface area (Å²) in [6.07, 6.45) is 13.9. The molecule has 0 saturated heterocycles. The zero-order chi connectivity index (χ0) is 16.1. The second-order valence-corrected chi connectivity index (χ2v) is 39.8. The van der Waals surface area contributed by atoms with Gasteiger partial charge in [-0.15, -0.1) is 0 Å². The molecule has 0 aliphatic heterocycles. The van der Waals surface area contributed by atoms with Crippen LogP contribution in [0, 0.1) is 0 Å². The monoisotopic (exact) mass is 524 g/mol. The van der Waals surface area contributed by atoms with Gasteiger partial charge in [-0.3, -0.25) is 0 Å². The first kappa shape index (κ1) is 18.2. The standard InChI is InChI=1S/2C8H13Si.2ClH.Hf/c2*1-9(2,3)8-6-4-5-7-8;;;/h2*4-7H,1-3H3;2*1H;/q;;;;+2/p-2. The van der Waals surface area contributed by atoms with Crippen LogP contribution in [0.4, 0.5) is 0 Å². The number of hydrogen-bond donors (Lipinski definition) is 0. The second kappa shape index (κ2) is 6.05. The molecule has 0 aromatic heterocycles. The molecule has 0 aromatic carbocycles. The fourth-order valence-corrected chi connectivity index (χ4v) is 17.9. The summed E-state index contributed by atoms with van der Waals surface area (Å²) >= 11 is -3.40. The van der Waals surface area contributed by atoms with Crippen LogP contribution in [0.2, 0.25) is 46.6 Å². The van der Waals surface area contributed by atoms with Crippen molar-refractivity contribution in [3.05, 3.63) is 46.8 Å². The minimum atomic E-state index is -3.40. The van der Waals surface area contributed by atoms with E-state index in [0.717, 1.165) is 0 Å². The molecular weight excluding hydrogens is 498 g/mol. The van der Waals surface area contributed by atoms with Gasteiger partial charge in [0.2, 0.25) is 0 Å². The van der Waals surface area contributed by atoms with Crippen molar-refractivity contribution in [2.75, 3.05) is 0 Å². The Hall–Kier alpha value is 0.844. The molecule has 0 heterocycles. The number of halogens is 2. The predicted octanol–water partition coefficient (Wildman–Crippen LogP) is 6.77. The molecule has 2 atom stereocenters. The van der Waals surface area contributed by atoms with Crippen LogP contribution in [0.1, 0.15) is 0 Å². The minimum absolute atomic E-state index is 0.328. The van der Waals surface area contributed by atoms with Crippen molar-refractivity contribution >= 4 is 33.3 Å². The van der Waals surface area contributed by atoms with Crippen LogP contribution < -0.4 is 0 Å². The van der Waals surface area contributed by atoms with Gasteiger partial charge in [-0.05, 0) is 0 Å². The molecule has 116 valence electrons. The van der Waals surface area contributed by atoms with Gasteiger partial charge in [0.15, 0.2) is 0 Å². The average molecular weight is 524 g/mol. The maximum absolute atomic E-state index is 7.01. The molecule has 2 unspecified atom stereocenters. The van der Waals surface area contributed by atoms with E-state index in [1.54, 1.807) is 0 Å². The van der Waals surface area contributed by atoms with Gasteiger partial charge in [0.05, 0.1) is 0 Å². The Morgan fingerprint density at radius 1 is 0.762 bits per heavy atom. The second-order valence-electron chi connectivity index (χ2n) is 8.19. The Labute approximate surface area is 143 Å². The summed E-state index contributed by atoms with van der Waals surface area (Å²) in [7, 11) is 11.5. The van der Waals surface area contributed by atoms with Gasteiger partial charge in [0, 0.05) is 0 Å². The molecule has 0 nitrogen and oxygen atoms in total. The molecular formula is C16H26Cl2HfSi2. The van der Waals surface area contributed by atoms with E-state index in [1.165, 1.54) is 10.4 Å². The molecule has 0 aromatic rings. The Bertz CT molecular complexity index is 498. The molecule has 2 aliphatic rings. The Morgan fingerprint density at radius 3 is 1.33 bits per heavy atom. The maximum atomic E-state index is 7.01. The van der Waals surface area contributed by atoms with Gasteiger partial charge in [0.25, 0.3) is 0 Å². The summed E-state index contributed by atoms with van der Waals surface area (Å²) in [4.78, 5) is 0. The summed E-state index contributed by atoms with van der Waals surface area (Å²) in [5, 5.41) is 3.02.